The molecule has 1 aromatic carbocycles. The standard InChI is InChI=1S/C20H26F3NO4/c1-3-18(19(4-2,16(25)26)17(27)28)10-9-15(24)14(11-18)12-5-7-13(8-6-12)20(21,22)23/h5-8,14-15H,3-4,9-11,24H2,1-2H3,(H,25,26)(H,27,28)/t14-,15+,18+/m0/s1. The van der Waals surface area contributed by atoms with E-state index in [1.165, 1.54) is 12.1 Å². The van der Waals surface area contributed by atoms with Crippen molar-refractivity contribution in [1.29, 1.82) is 0 Å². The highest BCUT2D eigenvalue weighted by Gasteiger charge is 2.62. The zero-order valence-electron chi connectivity index (χ0n) is 15.9. The Kier molecular flexibility index (Phi) is 6.13. The second-order valence-electron chi connectivity index (χ2n) is 7.64. The molecule has 0 aromatic heterocycles. The van der Waals surface area contributed by atoms with E-state index in [1.54, 1.807) is 13.8 Å². The highest BCUT2D eigenvalue weighted by Crippen LogP contribution is 2.57. The molecule has 0 amide bonds. The fourth-order valence-corrected chi connectivity index (χ4v) is 4.84. The predicted molar refractivity (Wildman–Crippen MR) is 96.7 cm³/mol. The summed E-state index contributed by atoms with van der Waals surface area (Å²) >= 11 is 0. The first-order chi connectivity index (χ1) is 12.9. The maximum atomic E-state index is 12.8. The molecule has 156 valence electrons. The number of carboxylic acids is 2. The van der Waals surface area contributed by atoms with Crippen molar-refractivity contribution < 1.29 is 33.0 Å². The van der Waals surface area contributed by atoms with Crippen LogP contribution in [0.5, 0.6) is 0 Å². The number of aliphatic carboxylic acids is 2. The molecule has 0 saturated heterocycles. The Morgan fingerprint density at radius 1 is 1.14 bits per heavy atom. The Labute approximate surface area is 161 Å². The van der Waals surface area contributed by atoms with Crippen LogP contribution in [0.25, 0.3) is 0 Å². The van der Waals surface area contributed by atoms with Crippen LogP contribution in [-0.4, -0.2) is 28.2 Å². The molecule has 0 bridgehead atoms. The number of hydrogen-bond acceptors (Lipinski definition) is 3. The minimum atomic E-state index is -4.45. The van der Waals surface area contributed by atoms with Gasteiger partial charge in [0.2, 0.25) is 0 Å². The summed E-state index contributed by atoms with van der Waals surface area (Å²) in [7, 11) is 0. The minimum absolute atomic E-state index is 0.0829. The highest BCUT2D eigenvalue weighted by molar-refractivity contribution is 5.99. The lowest BCUT2D eigenvalue weighted by atomic mass is 9.51. The smallest absolute Gasteiger partial charge is 0.416 e. The number of benzene rings is 1. The lowest BCUT2D eigenvalue weighted by molar-refractivity contribution is -0.181. The molecule has 1 saturated carbocycles. The number of carboxylic acid groups (broad SMARTS) is 2. The second-order valence-corrected chi connectivity index (χ2v) is 7.64. The molecule has 0 unspecified atom stereocenters. The molecule has 1 aliphatic rings. The highest BCUT2D eigenvalue weighted by atomic mass is 19.4. The van der Waals surface area contributed by atoms with Gasteiger partial charge in [-0.3, -0.25) is 9.59 Å². The number of nitrogens with two attached hydrogens (primary N) is 1. The summed E-state index contributed by atoms with van der Waals surface area (Å²) in [5, 5.41) is 19.7. The van der Waals surface area contributed by atoms with Crippen molar-refractivity contribution in [2.45, 2.75) is 64.1 Å². The normalized spacial score (nSPS) is 26.1. The van der Waals surface area contributed by atoms with E-state index in [0.29, 0.717) is 24.8 Å². The van der Waals surface area contributed by atoms with Crippen molar-refractivity contribution in [3.63, 3.8) is 0 Å². The van der Waals surface area contributed by atoms with Gasteiger partial charge in [-0.1, -0.05) is 26.0 Å². The Bertz CT molecular complexity index is 718. The van der Waals surface area contributed by atoms with Crippen LogP contribution in [0, 0.1) is 10.8 Å². The van der Waals surface area contributed by atoms with Crippen LogP contribution < -0.4 is 5.73 Å². The largest absolute Gasteiger partial charge is 0.480 e. The van der Waals surface area contributed by atoms with E-state index in [0.717, 1.165) is 12.1 Å². The van der Waals surface area contributed by atoms with Crippen molar-refractivity contribution in [1.82, 2.24) is 0 Å². The molecule has 28 heavy (non-hydrogen) atoms. The number of hydrogen-bond donors (Lipinski definition) is 3. The van der Waals surface area contributed by atoms with E-state index < -0.39 is 40.4 Å². The van der Waals surface area contributed by atoms with Crippen molar-refractivity contribution in [2.75, 3.05) is 0 Å². The zero-order chi connectivity index (χ0) is 21.3. The maximum absolute atomic E-state index is 12.8. The molecule has 5 nitrogen and oxygen atoms in total. The van der Waals surface area contributed by atoms with Crippen molar-refractivity contribution >= 4 is 11.9 Å². The first-order valence-electron chi connectivity index (χ1n) is 9.34. The van der Waals surface area contributed by atoms with E-state index in [2.05, 4.69) is 0 Å². The fraction of sp³-hybridized carbons (Fsp3) is 0.600. The van der Waals surface area contributed by atoms with Gasteiger partial charge in [-0.05, 0) is 61.1 Å². The molecule has 0 heterocycles. The average molecular weight is 401 g/mol. The van der Waals surface area contributed by atoms with E-state index in [1.807, 2.05) is 0 Å². The summed E-state index contributed by atoms with van der Waals surface area (Å²) in [6.45, 7) is 3.30. The molecule has 0 radical (unpaired) electrons. The van der Waals surface area contributed by atoms with Crippen LogP contribution in [0.1, 0.15) is 63.0 Å². The third-order valence-electron chi connectivity index (χ3n) is 6.59. The van der Waals surface area contributed by atoms with E-state index in [-0.39, 0.29) is 18.9 Å². The Balaban J connectivity index is 2.49. The predicted octanol–water partition coefficient (Wildman–Crippen LogP) is 4.26. The van der Waals surface area contributed by atoms with Crippen LogP contribution in [0.2, 0.25) is 0 Å². The third-order valence-corrected chi connectivity index (χ3v) is 6.59. The van der Waals surface area contributed by atoms with Crippen LogP contribution in [0.3, 0.4) is 0 Å². The fourth-order valence-electron chi connectivity index (χ4n) is 4.84. The van der Waals surface area contributed by atoms with Gasteiger partial charge in [-0.15, -0.1) is 0 Å². The Hall–Kier alpha value is -2.09. The van der Waals surface area contributed by atoms with Crippen LogP contribution >= 0.6 is 0 Å². The minimum Gasteiger partial charge on any atom is -0.480 e. The summed E-state index contributed by atoms with van der Waals surface area (Å²) in [4.78, 5) is 24.2. The van der Waals surface area contributed by atoms with Crippen LogP contribution in [0.15, 0.2) is 24.3 Å². The monoisotopic (exact) mass is 401 g/mol. The van der Waals surface area contributed by atoms with E-state index in [9.17, 15) is 33.0 Å². The van der Waals surface area contributed by atoms with Crippen LogP contribution in [0.4, 0.5) is 13.2 Å². The lowest BCUT2D eigenvalue weighted by Gasteiger charge is -2.51. The Morgan fingerprint density at radius 3 is 2.07 bits per heavy atom. The first kappa shape index (κ1) is 22.2. The van der Waals surface area contributed by atoms with E-state index in [4.69, 9.17) is 5.73 Å². The number of alkyl halides is 3. The molecule has 0 spiro atoms. The molecule has 1 fully saturated rings. The quantitative estimate of drug-likeness (QED) is 0.619. The van der Waals surface area contributed by atoms with Crippen LogP contribution in [-0.2, 0) is 15.8 Å². The van der Waals surface area contributed by atoms with E-state index >= 15 is 0 Å². The van der Waals surface area contributed by atoms with Gasteiger partial charge in [0.15, 0.2) is 5.41 Å². The molecule has 1 aromatic rings. The maximum Gasteiger partial charge on any atom is 0.416 e. The SMILES string of the molecule is CCC(C(=O)O)(C(=O)O)[C@]1(CC)CC[C@@H](N)[C@H](c2ccc(C(F)(F)F)cc2)C1. The summed E-state index contributed by atoms with van der Waals surface area (Å²) in [5.74, 6) is -3.18. The summed E-state index contributed by atoms with van der Waals surface area (Å²) < 4.78 is 38.5. The van der Waals surface area contributed by atoms with Gasteiger partial charge in [0, 0.05) is 6.04 Å². The number of carbonyl (C=O) groups is 2. The molecule has 2 rings (SSSR count). The van der Waals surface area contributed by atoms with Gasteiger partial charge in [-0.25, -0.2) is 0 Å². The zero-order valence-corrected chi connectivity index (χ0v) is 15.9. The molecule has 1 aliphatic carbocycles. The molecule has 8 heteroatoms. The molecular formula is C20H26F3NO4. The summed E-state index contributed by atoms with van der Waals surface area (Å²) in [6, 6.07) is 4.29. The van der Waals surface area contributed by atoms with Crippen molar-refractivity contribution in [2.24, 2.45) is 16.6 Å². The van der Waals surface area contributed by atoms with Gasteiger partial charge in [0.05, 0.1) is 5.56 Å². The number of halogens is 3. The molecular weight excluding hydrogens is 375 g/mol. The van der Waals surface area contributed by atoms with Gasteiger partial charge in [-0.2, -0.15) is 13.2 Å². The van der Waals surface area contributed by atoms with Crippen molar-refractivity contribution in [3.8, 4) is 0 Å². The van der Waals surface area contributed by atoms with Crippen molar-refractivity contribution in [3.05, 3.63) is 35.4 Å². The third kappa shape index (κ3) is 3.50. The molecule has 0 aliphatic heterocycles. The molecule has 3 atom stereocenters. The topological polar surface area (TPSA) is 101 Å². The average Bonchev–Trinajstić information content (AvgIpc) is 2.63. The second kappa shape index (κ2) is 7.73. The Morgan fingerprint density at radius 2 is 1.68 bits per heavy atom. The lowest BCUT2D eigenvalue weighted by Crippen LogP contribution is -2.56. The summed E-state index contributed by atoms with van der Waals surface area (Å²) in [5.41, 5.74) is 3.02. The van der Waals surface area contributed by atoms with Gasteiger partial charge in [0.25, 0.3) is 0 Å². The first-order valence-corrected chi connectivity index (χ1v) is 9.34. The van der Waals surface area contributed by atoms with Gasteiger partial charge in [0.1, 0.15) is 0 Å². The van der Waals surface area contributed by atoms with Gasteiger partial charge >= 0.3 is 18.1 Å². The molecule has 4 N–H and O–H groups in total. The summed E-state index contributed by atoms with van der Waals surface area (Å²) in [6.07, 6.45) is -3.27. The number of rotatable bonds is 6. The van der Waals surface area contributed by atoms with Gasteiger partial charge < -0.3 is 15.9 Å².